The molecule has 2 N–H and O–H groups in total. The van der Waals surface area contributed by atoms with E-state index in [1.807, 2.05) is 0 Å². The number of sulfone groups is 1. The summed E-state index contributed by atoms with van der Waals surface area (Å²) in [6.45, 7) is 0.0735. The van der Waals surface area contributed by atoms with Crippen LogP contribution in [-0.2, 0) is 14.6 Å². The molecule has 2 rings (SSSR count). The quantitative estimate of drug-likeness (QED) is 0.432. The highest BCUT2D eigenvalue weighted by Gasteiger charge is 2.14. The van der Waals surface area contributed by atoms with Crippen molar-refractivity contribution in [2.24, 2.45) is 0 Å². The van der Waals surface area contributed by atoms with Crippen LogP contribution in [-0.4, -0.2) is 32.0 Å². The summed E-state index contributed by atoms with van der Waals surface area (Å²) >= 11 is 0. The van der Waals surface area contributed by atoms with Gasteiger partial charge in [-0.1, -0.05) is 12.1 Å². The molecule has 8 nitrogen and oxygen atoms in total. The van der Waals surface area contributed by atoms with Crippen molar-refractivity contribution in [2.75, 3.05) is 23.4 Å². The Morgan fingerprint density at radius 3 is 2.54 bits per heavy atom. The van der Waals surface area contributed by atoms with Gasteiger partial charge in [0.15, 0.2) is 9.84 Å². The molecule has 0 saturated heterocycles. The smallest absolute Gasteiger partial charge is 0.292 e. The number of hydrogen-bond acceptors (Lipinski definition) is 6. The van der Waals surface area contributed by atoms with Crippen LogP contribution >= 0.6 is 0 Å². The zero-order chi connectivity index (χ0) is 19.3. The van der Waals surface area contributed by atoms with E-state index in [0.29, 0.717) is 0 Å². The minimum atomic E-state index is -3.54. The molecule has 10 heteroatoms. The number of halogens is 1. The fourth-order valence-electron chi connectivity index (χ4n) is 2.14. The Morgan fingerprint density at radius 2 is 1.88 bits per heavy atom. The van der Waals surface area contributed by atoms with Crippen LogP contribution < -0.4 is 10.6 Å². The van der Waals surface area contributed by atoms with Crippen LogP contribution in [0.4, 0.5) is 21.5 Å². The molecule has 0 aliphatic rings. The summed E-state index contributed by atoms with van der Waals surface area (Å²) in [4.78, 5) is 22.2. The lowest BCUT2D eigenvalue weighted by atomic mass is 10.2. The van der Waals surface area contributed by atoms with Crippen molar-refractivity contribution < 1.29 is 22.5 Å². The molecule has 0 aliphatic carbocycles. The summed E-state index contributed by atoms with van der Waals surface area (Å²) < 4.78 is 36.7. The van der Waals surface area contributed by atoms with Crippen LogP contribution in [0.3, 0.4) is 0 Å². The number of rotatable bonds is 7. The van der Waals surface area contributed by atoms with Gasteiger partial charge in [0.05, 0.1) is 15.5 Å². The second-order valence-electron chi connectivity index (χ2n) is 5.41. The molecule has 138 valence electrons. The lowest BCUT2D eigenvalue weighted by Crippen LogP contribution is -2.17. The maximum absolute atomic E-state index is 13.7. The molecule has 0 heterocycles. The van der Waals surface area contributed by atoms with Gasteiger partial charge in [-0.15, -0.1) is 0 Å². The van der Waals surface area contributed by atoms with Gasteiger partial charge in [0.25, 0.3) is 5.69 Å². The second-order valence-corrected chi connectivity index (χ2v) is 7.43. The average Bonchev–Trinajstić information content (AvgIpc) is 2.56. The van der Waals surface area contributed by atoms with E-state index in [-0.39, 0.29) is 34.9 Å². The lowest BCUT2D eigenvalue weighted by Gasteiger charge is -2.09. The first-order chi connectivity index (χ1) is 12.2. The van der Waals surface area contributed by atoms with Gasteiger partial charge in [0.1, 0.15) is 11.5 Å². The topological polar surface area (TPSA) is 118 Å². The third-order valence-electron chi connectivity index (χ3n) is 3.41. The normalized spacial score (nSPS) is 11.0. The third-order valence-corrected chi connectivity index (χ3v) is 4.52. The van der Waals surface area contributed by atoms with Gasteiger partial charge in [0, 0.05) is 25.3 Å². The molecule has 0 unspecified atom stereocenters. The van der Waals surface area contributed by atoms with E-state index >= 15 is 0 Å². The molecule has 1 amide bonds. The molecular formula is C16H16FN3O5S. The summed E-state index contributed by atoms with van der Waals surface area (Å²) in [6, 6.07) is 9.07. The standard InChI is InChI=1S/C16H16FN3O5S/c1-26(24,25)11-6-7-12(17)14(10-11)19-16(21)8-9-18-13-4-2-3-5-15(13)20(22)23/h2-7,10,18H,8-9H2,1H3,(H,19,21). The molecule has 0 radical (unpaired) electrons. The van der Waals surface area contributed by atoms with E-state index in [4.69, 9.17) is 0 Å². The third kappa shape index (κ3) is 4.99. The van der Waals surface area contributed by atoms with Crippen molar-refractivity contribution in [1.82, 2.24) is 0 Å². The van der Waals surface area contributed by atoms with E-state index in [0.717, 1.165) is 24.5 Å². The van der Waals surface area contributed by atoms with Crippen LogP contribution in [0.25, 0.3) is 0 Å². The van der Waals surface area contributed by atoms with E-state index in [1.54, 1.807) is 6.07 Å². The molecule has 0 atom stereocenters. The number of para-hydroxylation sites is 2. The highest BCUT2D eigenvalue weighted by Crippen LogP contribution is 2.23. The largest absolute Gasteiger partial charge is 0.379 e. The zero-order valence-corrected chi connectivity index (χ0v) is 14.5. The monoisotopic (exact) mass is 381 g/mol. The Morgan fingerprint density at radius 1 is 1.19 bits per heavy atom. The first-order valence-corrected chi connectivity index (χ1v) is 9.34. The van der Waals surface area contributed by atoms with Gasteiger partial charge in [-0.25, -0.2) is 12.8 Å². The van der Waals surface area contributed by atoms with Crippen molar-refractivity contribution in [3.8, 4) is 0 Å². The summed E-state index contributed by atoms with van der Waals surface area (Å²) in [5.41, 5.74) is -0.112. The summed E-state index contributed by atoms with van der Waals surface area (Å²) in [5, 5.41) is 16.0. The maximum atomic E-state index is 13.7. The van der Waals surface area contributed by atoms with Crippen molar-refractivity contribution in [3.63, 3.8) is 0 Å². The van der Waals surface area contributed by atoms with E-state index in [9.17, 15) is 27.7 Å². The molecule has 0 aliphatic heterocycles. The number of benzene rings is 2. The molecule has 0 fully saturated rings. The molecule has 0 spiro atoms. The van der Waals surface area contributed by atoms with Gasteiger partial charge >= 0.3 is 0 Å². The first-order valence-electron chi connectivity index (χ1n) is 7.45. The number of nitro benzene ring substituents is 1. The highest BCUT2D eigenvalue weighted by molar-refractivity contribution is 7.90. The van der Waals surface area contributed by atoms with Gasteiger partial charge < -0.3 is 10.6 Å². The predicted molar refractivity (Wildman–Crippen MR) is 94.3 cm³/mol. The lowest BCUT2D eigenvalue weighted by molar-refractivity contribution is -0.384. The number of nitrogens with one attached hydrogen (secondary N) is 2. The van der Waals surface area contributed by atoms with Gasteiger partial charge in [-0.05, 0) is 24.3 Å². The molecule has 0 bridgehead atoms. The summed E-state index contributed by atoms with van der Waals surface area (Å²) in [7, 11) is -3.54. The van der Waals surface area contributed by atoms with Crippen molar-refractivity contribution in [3.05, 3.63) is 58.4 Å². The van der Waals surface area contributed by atoms with Crippen LogP contribution in [0, 0.1) is 15.9 Å². The fraction of sp³-hybridized carbons (Fsp3) is 0.188. The van der Waals surface area contributed by atoms with E-state index < -0.39 is 26.5 Å². The number of nitrogens with zero attached hydrogens (tertiary/aromatic N) is 1. The van der Waals surface area contributed by atoms with Crippen LogP contribution in [0.2, 0.25) is 0 Å². The van der Waals surface area contributed by atoms with Crippen molar-refractivity contribution >= 4 is 32.8 Å². The Bertz CT molecular complexity index is 947. The average molecular weight is 381 g/mol. The Hall–Kier alpha value is -3.01. The minimum Gasteiger partial charge on any atom is -0.379 e. The SMILES string of the molecule is CS(=O)(=O)c1ccc(F)c(NC(=O)CCNc2ccccc2[N+](=O)[O-])c1. The molecule has 2 aromatic rings. The fourth-order valence-corrected chi connectivity index (χ4v) is 2.78. The molecule has 26 heavy (non-hydrogen) atoms. The van der Waals surface area contributed by atoms with E-state index in [1.165, 1.54) is 18.2 Å². The number of amides is 1. The van der Waals surface area contributed by atoms with E-state index in [2.05, 4.69) is 10.6 Å². The summed E-state index contributed by atoms with van der Waals surface area (Å²) in [5.74, 6) is -1.34. The Kier molecular flexibility index (Phi) is 5.88. The maximum Gasteiger partial charge on any atom is 0.292 e. The minimum absolute atomic E-state index is 0.0735. The Balaban J connectivity index is 1.99. The van der Waals surface area contributed by atoms with Gasteiger partial charge in [0.2, 0.25) is 5.91 Å². The van der Waals surface area contributed by atoms with Crippen LogP contribution in [0.1, 0.15) is 6.42 Å². The van der Waals surface area contributed by atoms with Crippen molar-refractivity contribution in [2.45, 2.75) is 11.3 Å². The predicted octanol–water partition coefficient (Wildman–Crippen LogP) is 2.58. The van der Waals surface area contributed by atoms with Crippen LogP contribution in [0.5, 0.6) is 0 Å². The number of anilines is 2. The van der Waals surface area contributed by atoms with Crippen molar-refractivity contribution in [1.29, 1.82) is 0 Å². The molecule has 2 aromatic carbocycles. The van der Waals surface area contributed by atoms with Crippen LogP contribution in [0.15, 0.2) is 47.4 Å². The molecule has 0 saturated carbocycles. The first kappa shape index (κ1) is 19.3. The summed E-state index contributed by atoms with van der Waals surface area (Å²) in [6.07, 6.45) is 0.872. The zero-order valence-electron chi connectivity index (χ0n) is 13.7. The number of nitro groups is 1. The molecule has 0 aromatic heterocycles. The Labute approximate surface area is 149 Å². The second kappa shape index (κ2) is 7.91. The molecular weight excluding hydrogens is 365 g/mol. The number of carbonyl (C=O) groups excluding carboxylic acids is 1. The number of carbonyl (C=O) groups is 1. The van der Waals surface area contributed by atoms with Gasteiger partial charge in [-0.3, -0.25) is 14.9 Å². The number of hydrogen-bond donors (Lipinski definition) is 2. The van der Waals surface area contributed by atoms with Gasteiger partial charge in [-0.2, -0.15) is 0 Å². The highest BCUT2D eigenvalue weighted by atomic mass is 32.2.